The van der Waals surface area contributed by atoms with Gasteiger partial charge in [-0.2, -0.15) is 0 Å². The molecule has 19 nitrogen and oxygen atoms in total. The summed E-state index contributed by atoms with van der Waals surface area (Å²) in [6.45, 7) is 14.7. The highest BCUT2D eigenvalue weighted by Gasteiger charge is 2.42. The van der Waals surface area contributed by atoms with Gasteiger partial charge in [0.1, 0.15) is 22.6 Å². The molecule has 0 spiro atoms. The minimum absolute atomic E-state index is 0.0609. The second kappa shape index (κ2) is 37.6. The first-order valence-electron chi connectivity index (χ1n) is 34.8. The topological polar surface area (TPSA) is 213 Å². The van der Waals surface area contributed by atoms with Gasteiger partial charge in [0.15, 0.2) is 6.61 Å². The van der Waals surface area contributed by atoms with E-state index >= 15 is 0 Å². The van der Waals surface area contributed by atoms with Crippen LogP contribution < -0.4 is 38.9 Å². The van der Waals surface area contributed by atoms with E-state index in [1.54, 1.807) is 163 Å². The molecule has 0 aliphatic carbocycles. The lowest BCUT2D eigenvalue weighted by Crippen LogP contribution is -2.47. The average molecular weight is 1570 g/mol. The van der Waals surface area contributed by atoms with Crippen molar-refractivity contribution >= 4 is 132 Å². The second-order valence-corrected chi connectivity index (χ2v) is 27.3. The molecule has 556 valence electrons. The number of carbonyl (C=O) groups is 8. The van der Waals surface area contributed by atoms with Crippen LogP contribution in [0.4, 0.5) is 34.1 Å². The molecular weight excluding hydrogens is 1490 g/mol. The highest BCUT2D eigenvalue weighted by molar-refractivity contribution is 9.09. The zero-order valence-corrected chi connectivity index (χ0v) is 64.6. The smallest absolute Gasteiger partial charge is 0.344 e. The number of anilines is 6. The standard InChI is InChI=1S/C29H29ClN2O5.C26H25ClN2O3.C25H23ClN2O3.C4H7BrO2/c1-4-36-28(34)18-37-24-15-9-21(10-16-24)29(35)31-19(2)17-27(25-7-5-6-8-26(25)31)32(20(3)33)23-13-11-22(30)12-14-23;1-17-16-25(29(18(2)30)21-12-10-20(27)11-13-21)23-6-4-5-7-24(23)28(17)26(31)19-8-14-22(32-3)15-9-19;1-16-15-24(28(17(2)29)20-11-9-19(26)10-12-20)22-5-3-4-6-23(22)27(16)25(31)18-7-13-21(30)14-8-18;1-2-7-4(6)3-5/h5-16,19,27H,4,17-18H2,1-3H3;4-15,17,25H,16H2,1-3H3;3-14,16,24,30H,15H2,1-2H3;2-3H2,1H3/t19-,27+;17-,25+;16-,24+;/m000./s1. The number of halogens is 4. The van der Waals surface area contributed by atoms with E-state index in [1.165, 1.54) is 12.1 Å². The predicted molar refractivity (Wildman–Crippen MR) is 424 cm³/mol. The summed E-state index contributed by atoms with van der Waals surface area (Å²) >= 11 is 21.1. The van der Waals surface area contributed by atoms with Crippen LogP contribution in [0.1, 0.15) is 141 Å². The summed E-state index contributed by atoms with van der Waals surface area (Å²) in [4.78, 5) is 111. The van der Waals surface area contributed by atoms with E-state index in [0.717, 1.165) is 50.8 Å². The lowest BCUT2D eigenvalue weighted by Gasteiger charge is -2.43. The number of ether oxygens (including phenoxy) is 4. The number of alkyl halides is 1. The van der Waals surface area contributed by atoms with Gasteiger partial charge < -0.3 is 53.5 Å². The van der Waals surface area contributed by atoms with E-state index in [-0.39, 0.29) is 96.6 Å². The molecule has 3 aliphatic heterocycles. The molecular formula is C84H84BrCl3N6O13. The van der Waals surface area contributed by atoms with Crippen molar-refractivity contribution in [1.29, 1.82) is 0 Å². The van der Waals surface area contributed by atoms with Crippen LogP contribution in [-0.4, -0.2) is 103 Å². The first-order chi connectivity index (χ1) is 51.4. The Bertz CT molecular complexity index is 4590. The number of phenols is 1. The predicted octanol–water partition coefficient (Wildman–Crippen LogP) is 18.2. The number of methoxy groups -OCH3 is 1. The zero-order valence-electron chi connectivity index (χ0n) is 60.7. The number of benzene rings is 9. The van der Waals surface area contributed by atoms with E-state index in [1.807, 2.05) is 135 Å². The van der Waals surface area contributed by atoms with Crippen molar-refractivity contribution in [1.82, 2.24) is 0 Å². The Morgan fingerprint density at radius 3 is 0.991 bits per heavy atom. The molecule has 12 rings (SSSR count). The van der Waals surface area contributed by atoms with Gasteiger partial charge in [0.05, 0.1) is 38.4 Å². The van der Waals surface area contributed by atoms with E-state index < -0.39 is 5.97 Å². The fourth-order valence-electron chi connectivity index (χ4n) is 13.5. The molecule has 6 amide bonds. The van der Waals surface area contributed by atoms with Crippen molar-refractivity contribution in [2.24, 2.45) is 0 Å². The SMILES string of the molecule is CC(=O)N(c1ccc(Cl)cc1)[C@@H]1C[C@H](C)N(C(=O)c2ccc(O)cc2)c2ccccc21.CCOC(=O)CBr.CCOC(=O)COc1ccc(C(=O)N2c3ccccc3[C@H](N(C(C)=O)c3ccc(Cl)cc3)C[C@@H]2C)cc1.COc1ccc(C(=O)N2c3ccccc3[C@H](N(C(C)=O)c3ccc(Cl)cc3)C[C@@H]2C)cc1. The van der Waals surface area contributed by atoms with Crippen LogP contribution in [0.3, 0.4) is 0 Å². The molecule has 0 aromatic heterocycles. The highest BCUT2D eigenvalue weighted by atomic mass is 79.9. The number of hydrogen-bond donors (Lipinski definition) is 1. The Labute approximate surface area is 647 Å². The first kappa shape index (κ1) is 80.6. The average Bonchev–Trinajstić information content (AvgIpc) is 0.768. The number of fused-ring (bicyclic) bond motifs is 3. The molecule has 9 aromatic carbocycles. The van der Waals surface area contributed by atoms with Crippen molar-refractivity contribution in [3.05, 3.63) is 267 Å². The van der Waals surface area contributed by atoms with Crippen LogP contribution in [0.25, 0.3) is 0 Å². The van der Waals surface area contributed by atoms with Crippen molar-refractivity contribution in [2.75, 3.05) is 61.7 Å². The lowest BCUT2D eigenvalue weighted by atomic mass is 9.89. The summed E-state index contributed by atoms with van der Waals surface area (Å²) in [7, 11) is 1.60. The maximum atomic E-state index is 13.7. The van der Waals surface area contributed by atoms with Crippen molar-refractivity contribution in [2.45, 2.75) is 111 Å². The molecule has 0 bridgehead atoms. The molecule has 0 fully saturated rings. The number of phenolic OH excluding ortho intramolecular Hbond substituents is 1. The quantitative estimate of drug-likeness (QED) is 0.0705. The summed E-state index contributed by atoms with van der Waals surface area (Å²) in [6.07, 6.45) is 1.76. The molecule has 6 atom stereocenters. The van der Waals surface area contributed by atoms with Crippen molar-refractivity contribution < 1.29 is 62.4 Å². The molecule has 107 heavy (non-hydrogen) atoms. The fraction of sp³-hybridized carbons (Fsp3) is 0.262. The number of carbonyl (C=O) groups excluding carboxylic acids is 8. The van der Waals surface area contributed by atoms with Crippen LogP contribution in [0.5, 0.6) is 17.2 Å². The van der Waals surface area contributed by atoms with Crippen LogP contribution in [-0.2, 0) is 33.4 Å². The van der Waals surface area contributed by atoms with Gasteiger partial charge in [0.2, 0.25) is 17.7 Å². The number of aromatic hydroxyl groups is 1. The van der Waals surface area contributed by atoms with Gasteiger partial charge in [-0.1, -0.05) is 105 Å². The summed E-state index contributed by atoms with van der Waals surface area (Å²) in [6, 6.07) is 63.8. The van der Waals surface area contributed by atoms with Crippen molar-refractivity contribution in [3.63, 3.8) is 0 Å². The van der Waals surface area contributed by atoms with Crippen LogP contribution in [0, 0.1) is 0 Å². The maximum absolute atomic E-state index is 13.7. The minimum atomic E-state index is -0.450. The van der Waals surface area contributed by atoms with Crippen LogP contribution in [0.15, 0.2) is 218 Å². The number of rotatable bonds is 16. The van der Waals surface area contributed by atoms with Gasteiger partial charge in [-0.05, 0) is 234 Å². The number of hydrogen-bond acceptors (Lipinski definition) is 13. The molecule has 3 heterocycles. The lowest BCUT2D eigenvalue weighted by molar-refractivity contribution is -0.145. The van der Waals surface area contributed by atoms with E-state index in [4.69, 9.17) is 49.0 Å². The molecule has 0 saturated heterocycles. The Morgan fingerprint density at radius 2 is 0.710 bits per heavy atom. The largest absolute Gasteiger partial charge is 0.508 e. The summed E-state index contributed by atoms with van der Waals surface area (Å²) in [5.74, 6) is 0.0304. The van der Waals surface area contributed by atoms with Gasteiger partial charge in [0, 0.05) is 105 Å². The highest BCUT2D eigenvalue weighted by Crippen LogP contribution is 2.47. The third-order valence-corrected chi connectivity index (χ3v) is 19.4. The van der Waals surface area contributed by atoms with Gasteiger partial charge >= 0.3 is 11.9 Å². The molecule has 1 N–H and O–H groups in total. The van der Waals surface area contributed by atoms with Gasteiger partial charge in [-0.15, -0.1) is 0 Å². The normalized spacial score (nSPS) is 16.6. The summed E-state index contributed by atoms with van der Waals surface area (Å²) < 4.78 is 20.0. The first-order valence-corrected chi connectivity index (χ1v) is 37.1. The molecule has 0 saturated carbocycles. The Balaban J connectivity index is 0.000000178. The Kier molecular flexibility index (Phi) is 28.4. The van der Waals surface area contributed by atoms with Crippen molar-refractivity contribution in [3.8, 4) is 17.2 Å². The van der Waals surface area contributed by atoms with E-state index in [9.17, 15) is 43.5 Å². The molecule has 23 heteroatoms. The summed E-state index contributed by atoms with van der Waals surface area (Å²) in [5, 5.41) is 11.7. The Morgan fingerprint density at radius 1 is 0.421 bits per heavy atom. The number of para-hydroxylation sites is 3. The van der Waals surface area contributed by atoms with E-state index in [2.05, 4.69) is 20.7 Å². The monoisotopic (exact) mass is 1570 g/mol. The second-order valence-electron chi connectivity index (χ2n) is 25.4. The van der Waals surface area contributed by atoms with Gasteiger partial charge in [-0.25, -0.2) is 4.79 Å². The van der Waals surface area contributed by atoms with Gasteiger partial charge in [-0.3, -0.25) is 33.6 Å². The third-order valence-electron chi connectivity index (χ3n) is 18.2. The van der Waals surface area contributed by atoms with Crippen LogP contribution in [0.2, 0.25) is 15.1 Å². The zero-order chi connectivity index (χ0) is 77.2. The number of nitrogens with zero attached hydrogens (tertiary/aromatic N) is 6. The molecule has 0 unspecified atom stereocenters. The molecule has 3 aliphatic rings. The Hall–Kier alpha value is -10.5. The van der Waals surface area contributed by atoms with Gasteiger partial charge in [0.25, 0.3) is 17.7 Å². The molecule has 0 radical (unpaired) electrons. The maximum Gasteiger partial charge on any atom is 0.344 e. The summed E-state index contributed by atoms with van der Waals surface area (Å²) in [5.41, 5.74) is 8.99. The third kappa shape index (κ3) is 19.8. The fourth-order valence-corrected chi connectivity index (χ4v) is 14.1. The minimum Gasteiger partial charge on any atom is -0.508 e. The number of amides is 6. The molecule has 9 aromatic rings. The van der Waals surface area contributed by atoms with E-state index in [0.29, 0.717) is 74.5 Å². The van der Waals surface area contributed by atoms with Crippen LogP contribution >= 0.6 is 50.7 Å². The number of esters is 2.